The average molecular weight is 270 g/mol. The largest absolute Gasteiger partial charge is 0.482 e. The normalized spacial score (nSPS) is 15.0. The van der Waals surface area contributed by atoms with Crippen LogP contribution in [0.15, 0.2) is 17.0 Å². The van der Waals surface area contributed by atoms with Crippen LogP contribution in [0, 0.1) is 6.92 Å². The molecule has 1 aliphatic rings. The number of hydrogen-bond donors (Lipinski definition) is 1. The lowest BCUT2D eigenvalue weighted by molar-refractivity contribution is -0.118. The van der Waals surface area contributed by atoms with Crippen LogP contribution in [0.25, 0.3) is 0 Å². The van der Waals surface area contributed by atoms with Gasteiger partial charge >= 0.3 is 0 Å². The number of nitrogens with zero attached hydrogens (tertiary/aromatic N) is 1. The summed E-state index contributed by atoms with van der Waals surface area (Å²) in [4.78, 5) is 11.3. The van der Waals surface area contributed by atoms with E-state index in [1.54, 1.807) is 13.0 Å². The summed E-state index contributed by atoms with van der Waals surface area (Å²) < 4.78 is 30.5. The molecule has 18 heavy (non-hydrogen) atoms. The lowest BCUT2D eigenvalue weighted by Crippen LogP contribution is -2.27. The fourth-order valence-corrected chi connectivity index (χ4v) is 2.81. The fourth-order valence-electron chi connectivity index (χ4n) is 1.69. The van der Waals surface area contributed by atoms with Crippen LogP contribution in [-0.2, 0) is 14.8 Å². The highest BCUT2D eigenvalue weighted by Crippen LogP contribution is 2.33. The molecule has 0 spiro atoms. The first kappa shape index (κ1) is 12.8. The first-order valence-electron chi connectivity index (χ1n) is 5.32. The van der Waals surface area contributed by atoms with Crippen LogP contribution in [0.5, 0.6) is 5.75 Å². The van der Waals surface area contributed by atoms with Crippen LogP contribution in [-0.4, -0.2) is 39.3 Å². The molecule has 0 saturated carbocycles. The average Bonchev–Trinajstić information content (AvgIpc) is 2.27. The second-order valence-electron chi connectivity index (χ2n) is 4.24. The lowest BCUT2D eigenvalue weighted by Gasteiger charge is -2.21. The SMILES string of the molecule is Cc1cc2c(cc1S(=O)(=O)N(C)C)OCC(=O)N2. The first-order chi connectivity index (χ1) is 8.32. The lowest BCUT2D eigenvalue weighted by atomic mass is 10.2. The van der Waals surface area contributed by atoms with Gasteiger partial charge in [0.2, 0.25) is 10.0 Å². The molecule has 98 valence electrons. The summed E-state index contributed by atoms with van der Waals surface area (Å²) in [6, 6.07) is 3.04. The van der Waals surface area contributed by atoms with E-state index in [0.29, 0.717) is 17.0 Å². The number of hydrogen-bond acceptors (Lipinski definition) is 4. The van der Waals surface area contributed by atoms with Crippen LogP contribution in [0.3, 0.4) is 0 Å². The number of anilines is 1. The molecule has 0 bridgehead atoms. The molecule has 2 rings (SSSR count). The van der Waals surface area contributed by atoms with E-state index in [1.807, 2.05) is 0 Å². The van der Waals surface area contributed by atoms with Gasteiger partial charge in [-0.25, -0.2) is 12.7 Å². The molecule has 0 radical (unpaired) electrons. The molecule has 0 aliphatic carbocycles. The Labute approximate surface area is 106 Å². The molecular formula is C11H14N2O4S. The number of sulfonamides is 1. The molecule has 0 atom stereocenters. The number of carbonyl (C=O) groups excluding carboxylic acids is 1. The van der Waals surface area contributed by atoms with Crippen molar-refractivity contribution in [3.05, 3.63) is 17.7 Å². The van der Waals surface area contributed by atoms with E-state index in [1.165, 1.54) is 20.2 Å². The van der Waals surface area contributed by atoms with Crippen molar-refractivity contribution < 1.29 is 17.9 Å². The highest BCUT2D eigenvalue weighted by Gasteiger charge is 2.24. The van der Waals surface area contributed by atoms with E-state index >= 15 is 0 Å². The van der Waals surface area contributed by atoms with Gasteiger partial charge in [0.05, 0.1) is 10.6 Å². The number of nitrogens with one attached hydrogen (secondary N) is 1. The minimum atomic E-state index is -3.51. The number of rotatable bonds is 2. The summed E-state index contributed by atoms with van der Waals surface area (Å²) in [5, 5.41) is 2.64. The number of carbonyl (C=O) groups is 1. The Kier molecular flexibility index (Phi) is 3.04. The number of benzene rings is 1. The first-order valence-corrected chi connectivity index (χ1v) is 6.76. The van der Waals surface area contributed by atoms with Crippen molar-refractivity contribution in [3.63, 3.8) is 0 Å². The summed E-state index contributed by atoms with van der Waals surface area (Å²) in [7, 11) is -0.576. The predicted molar refractivity (Wildman–Crippen MR) is 66.2 cm³/mol. The van der Waals surface area contributed by atoms with Gasteiger partial charge in [-0.15, -0.1) is 0 Å². The van der Waals surface area contributed by atoms with Crippen LogP contribution in [0.1, 0.15) is 5.56 Å². The maximum absolute atomic E-state index is 12.1. The quantitative estimate of drug-likeness (QED) is 0.852. The second-order valence-corrected chi connectivity index (χ2v) is 6.36. The molecule has 1 amide bonds. The Balaban J connectivity index is 2.56. The third kappa shape index (κ3) is 2.06. The van der Waals surface area contributed by atoms with E-state index in [0.717, 1.165) is 4.31 Å². The molecule has 0 unspecified atom stereocenters. The van der Waals surface area contributed by atoms with Gasteiger partial charge in [0.25, 0.3) is 5.91 Å². The standard InChI is InChI=1S/C11H14N2O4S/c1-7-4-8-9(17-6-11(14)12-8)5-10(7)18(15,16)13(2)3/h4-5H,6H2,1-3H3,(H,12,14). The van der Waals surface area contributed by atoms with Crippen molar-refractivity contribution in [1.82, 2.24) is 4.31 Å². The third-order valence-corrected chi connectivity index (χ3v) is 4.63. The smallest absolute Gasteiger partial charge is 0.262 e. The summed E-state index contributed by atoms with van der Waals surface area (Å²) in [6.45, 7) is 1.58. The Morgan fingerprint density at radius 1 is 1.33 bits per heavy atom. The second kappa shape index (κ2) is 4.25. The van der Waals surface area contributed by atoms with Crippen molar-refractivity contribution in [1.29, 1.82) is 0 Å². The molecule has 6 nitrogen and oxygen atoms in total. The van der Waals surface area contributed by atoms with Gasteiger partial charge in [0, 0.05) is 20.2 Å². The Bertz CT molecular complexity index is 608. The van der Waals surface area contributed by atoms with Gasteiger partial charge in [-0.3, -0.25) is 4.79 Å². The van der Waals surface area contributed by atoms with Gasteiger partial charge in [0.15, 0.2) is 6.61 Å². The molecular weight excluding hydrogens is 256 g/mol. The Morgan fingerprint density at radius 3 is 2.61 bits per heavy atom. The molecule has 0 aromatic heterocycles. The number of amides is 1. The zero-order chi connectivity index (χ0) is 13.5. The zero-order valence-corrected chi connectivity index (χ0v) is 11.2. The van der Waals surface area contributed by atoms with E-state index in [2.05, 4.69) is 5.32 Å². The van der Waals surface area contributed by atoms with Crippen LogP contribution in [0.4, 0.5) is 5.69 Å². The van der Waals surface area contributed by atoms with Crippen molar-refractivity contribution in [2.45, 2.75) is 11.8 Å². The monoisotopic (exact) mass is 270 g/mol. The van der Waals surface area contributed by atoms with Gasteiger partial charge in [-0.2, -0.15) is 0 Å². The molecule has 1 aliphatic heterocycles. The van der Waals surface area contributed by atoms with Gasteiger partial charge < -0.3 is 10.1 Å². The van der Waals surface area contributed by atoms with E-state index in [4.69, 9.17) is 4.74 Å². The van der Waals surface area contributed by atoms with Crippen molar-refractivity contribution in [3.8, 4) is 5.75 Å². The molecule has 1 aromatic rings. The van der Waals surface area contributed by atoms with Gasteiger partial charge in [-0.05, 0) is 18.6 Å². The molecule has 1 heterocycles. The van der Waals surface area contributed by atoms with E-state index in [9.17, 15) is 13.2 Å². The summed E-state index contributed by atoms with van der Waals surface area (Å²) in [5.41, 5.74) is 1.06. The highest BCUT2D eigenvalue weighted by molar-refractivity contribution is 7.89. The van der Waals surface area contributed by atoms with Crippen LogP contribution in [0.2, 0.25) is 0 Å². The maximum atomic E-state index is 12.1. The highest BCUT2D eigenvalue weighted by atomic mass is 32.2. The Morgan fingerprint density at radius 2 is 2.00 bits per heavy atom. The van der Waals surface area contributed by atoms with Crippen molar-refractivity contribution in [2.24, 2.45) is 0 Å². The number of ether oxygens (including phenoxy) is 1. The molecule has 7 heteroatoms. The molecule has 1 aromatic carbocycles. The maximum Gasteiger partial charge on any atom is 0.262 e. The summed E-state index contributed by atoms with van der Waals surface area (Å²) >= 11 is 0. The fraction of sp³-hybridized carbons (Fsp3) is 0.364. The number of aryl methyl sites for hydroxylation is 1. The van der Waals surface area contributed by atoms with Crippen LogP contribution >= 0.6 is 0 Å². The topological polar surface area (TPSA) is 75.7 Å². The summed E-state index contributed by atoms with van der Waals surface area (Å²) in [5.74, 6) is 0.130. The minimum absolute atomic E-state index is 0.0997. The minimum Gasteiger partial charge on any atom is -0.482 e. The van der Waals surface area contributed by atoms with Crippen molar-refractivity contribution >= 4 is 21.6 Å². The summed E-state index contributed by atoms with van der Waals surface area (Å²) in [6.07, 6.45) is 0. The van der Waals surface area contributed by atoms with E-state index in [-0.39, 0.29) is 17.4 Å². The van der Waals surface area contributed by atoms with Gasteiger partial charge in [0.1, 0.15) is 5.75 Å². The molecule has 0 fully saturated rings. The van der Waals surface area contributed by atoms with Crippen LogP contribution < -0.4 is 10.1 Å². The molecule has 0 saturated heterocycles. The van der Waals surface area contributed by atoms with Crippen molar-refractivity contribution in [2.75, 3.05) is 26.0 Å². The molecule has 1 N–H and O–H groups in total. The third-order valence-electron chi connectivity index (χ3n) is 2.67. The number of fused-ring (bicyclic) bond motifs is 1. The van der Waals surface area contributed by atoms with E-state index < -0.39 is 10.0 Å². The van der Waals surface area contributed by atoms with Gasteiger partial charge in [-0.1, -0.05) is 0 Å². The Hall–Kier alpha value is -1.60. The zero-order valence-electron chi connectivity index (χ0n) is 10.4. The predicted octanol–water partition coefficient (Wildman–Crippen LogP) is 0.576.